The van der Waals surface area contributed by atoms with Gasteiger partial charge in [0.15, 0.2) is 11.5 Å². The van der Waals surface area contributed by atoms with E-state index in [-0.39, 0.29) is 5.91 Å². The normalized spacial score (nSPS) is 10.5. The van der Waals surface area contributed by atoms with E-state index in [1.807, 2.05) is 42.5 Å². The molecule has 0 radical (unpaired) electrons. The number of hydrogen-bond acceptors (Lipinski definition) is 4. The van der Waals surface area contributed by atoms with Crippen LogP contribution < -0.4 is 14.8 Å². The Labute approximate surface area is 177 Å². The van der Waals surface area contributed by atoms with E-state index in [0.717, 1.165) is 18.4 Å². The van der Waals surface area contributed by atoms with Crippen molar-refractivity contribution < 1.29 is 19.0 Å². The van der Waals surface area contributed by atoms with Crippen LogP contribution in [0.2, 0.25) is 0 Å². The average Bonchev–Trinajstić information content (AvgIpc) is 2.79. The van der Waals surface area contributed by atoms with Crippen LogP contribution in [0.25, 0.3) is 0 Å². The molecular formula is C25H27NO4. The van der Waals surface area contributed by atoms with Gasteiger partial charge in [0, 0.05) is 24.4 Å². The van der Waals surface area contributed by atoms with Gasteiger partial charge in [-0.2, -0.15) is 0 Å². The molecular weight excluding hydrogens is 378 g/mol. The summed E-state index contributed by atoms with van der Waals surface area (Å²) in [6.45, 7) is 0.862. The highest BCUT2D eigenvalue weighted by atomic mass is 16.5. The zero-order valence-corrected chi connectivity index (χ0v) is 17.4. The van der Waals surface area contributed by atoms with Gasteiger partial charge in [0.1, 0.15) is 6.61 Å². The van der Waals surface area contributed by atoms with Crippen LogP contribution in [0.5, 0.6) is 11.5 Å². The number of carbonyl (C=O) groups is 1. The monoisotopic (exact) mass is 405 g/mol. The number of methoxy groups -OCH3 is 2. The minimum Gasteiger partial charge on any atom is -0.493 e. The van der Waals surface area contributed by atoms with E-state index in [4.69, 9.17) is 14.2 Å². The molecule has 0 bridgehead atoms. The molecule has 5 heteroatoms. The van der Waals surface area contributed by atoms with Gasteiger partial charge in [-0.3, -0.25) is 4.79 Å². The standard InChI is InChI=1S/C25H27NO4/c1-28-16-17-30-24-18-21(14-15-23(24)29-2)26-25(27)22-11-7-6-10-20(22)13-12-19-8-4-3-5-9-19/h3-11,14-15,18H,12-13,16-17H2,1-2H3,(H,26,27). The van der Waals surface area contributed by atoms with Crippen LogP contribution in [0.3, 0.4) is 0 Å². The Morgan fingerprint density at radius 2 is 1.60 bits per heavy atom. The van der Waals surface area contributed by atoms with E-state index in [2.05, 4.69) is 17.4 Å². The van der Waals surface area contributed by atoms with Gasteiger partial charge in [-0.05, 0) is 42.2 Å². The highest BCUT2D eigenvalue weighted by Crippen LogP contribution is 2.30. The van der Waals surface area contributed by atoms with E-state index in [1.165, 1.54) is 5.56 Å². The molecule has 156 valence electrons. The van der Waals surface area contributed by atoms with E-state index < -0.39 is 0 Å². The summed E-state index contributed by atoms with van der Waals surface area (Å²) in [5.41, 5.74) is 3.59. The van der Waals surface area contributed by atoms with Crippen LogP contribution in [-0.4, -0.2) is 33.3 Å². The molecule has 0 aromatic heterocycles. The Kier molecular flexibility index (Phi) is 7.86. The summed E-state index contributed by atoms with van der Waals surface area (Å²) in [6.07, 6.45) is 1.67. The summed E-state index contributed by atoms with van der Waals surface area (Å²) in [6, 6.07) is 23.3. The van der Waals surface area contributed by atoms with Crippen LogP contribution in [0.15, 0.2) is 72.8 Å². The van der Waals surface area contributed by atoms with Gasteiger partial charge in [-0.15, -0.1) is 0 Å². The molecule has 0 aliphatic heterocycles. The molecule has 0 saturated carbocycles. The highest BCUT2D eigenvalue weighted by Gasteiger charge is 2.13. The minimum atomic E-state index is -0.147. The molecule has 0 atom stereocenters. The maximum atomic E-state index is 13.0. The van der Waals surface area contributed by atoms with Gasteiger partial charge in [-0.25, -0.2) is 0 Å². The lowest BCUT2D eigenvalue weighted by molar-refractivity contribution is 0.102. The second kappa shape index (κ2) is 11.0. The van der Waals surface area contributed by atoms with Crippen molar-refractivity contribution in [1.82, 2.24) is 0 Å². The van der Waals surface area contributed by atoms with Crippen molar-refractivity contribution in [3.63, 3.8) is 0 Å². The fourth-order valence-electron chi connectivity index (χ4n) is 3.18. The summed E-state index contributed by atoms with van der Waals surface area (Å²) >= 11 is 0. The van der Waals surface area contributed by atoms with Gasteiger partial charge in [0.2, 0.25) is 0 Å². The molecule has 0 fully saturated rings. The first-order chi connectivity index (χ1) is 14.7. The number of amides is 1. The van der Waals surface area contributed by atoms with Crippen molar-refractivity contribution >= 4 is 11.6 Å². The van der Waals surface area contributed by atoms with Crippen molar-refractivity contribution in [2.24, 2.45) is 0 Å². The number of aryl methyl sites for hydroxylation is 2. The van der Waals surface area contributed by atoms with Crippen molar-refractivity contribution in [2.75, 3.05) is 32.8 Å². The third kappa shape index (κ3) is 5.84. The fraction of sp³-hybridized carbons (Fsp3) is 0.240. The third-order valence-corrected chi connectivity index (χ3v) is 4.75. The number of anilines is 1. The summed E-state index contributed by atoms with van der Waals surface area (Å²) in [4.78, 5) is 13.0. The van der Waals surface area contributed by atoms with Crippen LogP contribution in [0, 0.1) is 0 Å². The van der Waals surface area contributed by atoms with Crippen LogP contribution in [0.4, 0.5) is 5.69 Å². The molecule has 0 saturated heterocycles. The SMILES string of the molecule is COCCOc1cc(NC(=O)c2ccccc2CCc2ccccc2)ccc1OC. The second-order valence-corrected chi connectivity index (χ2v) is 6.80. The Morgan fingerprint density at radius 1 is 0.833 bits per heavy atom. The first-order valence-corrected chi connectivity index (χ1v) is 9.94. The Bertz CT molecular complexity index is 956. The molecule has 1 N–H and O–H groups in total. The molecule has 0 heterocycles. The van der Waals surface area contributed by atoms with Crippen molar-refractivity contribution in [1.29, 1.82) is 0 Å². The van der Waals surface area contributed by atoms with E-state index >= 15 is 0 Å². The number of benzene rings is 3. The van der Waals surface area contributed by atoms with Crippen molar-refractivity contribution in [3.8, 4) is 11.5 Å². The predicted octanol–water partition coefficient (Wildman–Crippen LogP) is 4.76. The highest BCUT2D eigenvalue weighted by molar-refractivity contribution is 6.05. The largest absolute Gasteiger partial charge is 0.493 e. The van der Waals surface area contributed by atoms with Crippen LogP contribution >= 0.6 is 0 Å². The zero-order chi connectivity index (χ0) is 21.2. The average molecular weight is 405 g/mol. The second-order valence-electron chi connectivity index (χ2n) is 6.80. The summed E-state index contributed by atoms with van der Waals surface area (Å²) in [5.74, 6) is 1.02. The Balaban J connectivity index is 1.72. The first-order valence-electron chi connectivity index (χ1n) is 9.94. The zero-order valence-electron chi connectivity index (χ0n) is 17.4. The number of hydrogen-bond donors (Lipinski definition) is 1. The molecule has 0 spiro atoms. The van der Waals surface area contributed by atoms with Crippen LogP contribution in [-0.2, 0) is 17.6 Å². The van der Waals surface area contributed by atoms with E-state index in [9.17, 15) is 4.79 Å². The Hall–Kier alpha value is -3.31. The lowest BCUT2D eigenvalue weighted by Crippen LogP contribution is -2.15. The summed E-state index contributed by atoms with van der Waals surface area (Å²) in [5, 5.41) is 2.97. The molecule has 0 aliphatic carbocycles. The summed E-state index contributed by atoms with van der Waals surface area (Å²) in [7, 11) is 3.20. The minimum absolute atomic E-state index is 0.147. The molecule has 0 unspecified atom stereocenters. The summed E-state index contributed by atoms with van der Waals surface area (Å²) < 4.78 is 16.1. The van der Waals surface area contributed by atoms with Gasteiger partial charge < -0.3 is 19.5 Å². The van der Waals surface area contributed by atoms with Crippen molar-refractivity contribution in [2.45, 2.75) is 12.8 Å². The van der Waals surface area contributed by atoms with Crippen LogP contribution in [0.1, 0.15) is 21.5 Å². The topological polar surface area (TPSA) is 56.8 Å². The molecule has 30 heavy (non-hydrogen) atoms. The molecule has 1 amide bonds. The molecule has 0 aliphatic rings. The van der Waals surface area contributed by atoms with Gasteiger partial charge >= 0.3 is 0 Å². The van der Waals surface area contributed by atoms with Gasteiger partial charge in [-0.1, -0.05) is 48.5 Å². The smallest absolute Gasteiger partial charge is 0.255 e. The fourth-order valence-corrected chi connectivity index (χ4v) is 3.18. The number of carbonyl (C=O) groups excluding carboxylic acids is 1. The predicted molar refractivity (Wildman–Crippen MR) is 119 cm³/mol. The lowest BCUT2D eigenvalue weighted by Gasteiger charge is -2.14. The molecule has 5 nitrogen and oxygen atoms in total. The quantitative estimate of drug-likeness (QED) is 0.494. The lowest BCUT2D eigenvalue weighted by atomic mass is 9.99. The number of ether oxygens (including phenoxy) is 3. The first kappa shape index (κ1) is 21.4. The van der Waals surface area contributed by atoms with Gasteiger partial charge in [0.25, 0.3) is 5.91 Å². The van der Waals surface area contributed by atoms with Gasteiger partial charge in [0.05, 0.1) is 13.7 Å². The number of nitrogens with one attached hydrogen (secondary N) is 1. The Morgan fingerprint density at radius 3 is 2.37 bits per heavy atom. The molecule has 3 rings (SSSR count). The molecule has 3 aromatic carbocycles. The number of rotatable bonds is 10. The maximum Gasteiger partial charge on any atom is 0.255 e. The van der Waals surface area contributed by atoms with E-state index in [0.29, 0.717) is 36.0 Å². The van der Waals surface area contributed by atoms with E-state index in [1.54, 1.807) is 32.4 Å². The maximum absolute atomic E-state index is 13.0. The molecule has 3 aromatic rings. The van der Waals surface area contributed by atoms with Crippen molar-refractivity contribution in [3.05, 3.63) is 89.5 Å². The third-order valence-electron chi connectivity index (χ3n) is 4.75.